The fourth-order valence-electron chi connectivity index (χ4n) is 1.46. The maximum atomic E-state index is 8.85. The summed E-state index contributed by atoms with van der Waals surface area (Å²) >= 11 is 0. The van der Waals surface area contributed by atoms with E-state index in [0.29, 0.717) is 5.92 Å². The van der Waals surface area contributed by atoms with Crippen LogP contribution >= 0.6 is 0 Å². The van der Waals surface area contributed by atoms with E-state index in [-0.39, 0.29) is 0 Å². The van der Waals surface area contributed by atoms with Crippen LogP contribution in [0.4, 0.5) is 0 Å². The summed E-state index contributed by atoms with van der Waals surface area (Å²) in [5.74, 6) is 0.493. The predicted molar refractivity (Wildman–Crippen MR) is 52.2 cm³/mol. The Balaban J connectivity index is 2.28. The Morgan fingerprint density at radius 1 is 1.31 bits per heavy atom. The Bertz CT molecular complexity index is 322. The lowest BCUT2D eigenvalue weighted by atomic mass is 10.1. The largest absolute Gasteiger partial charge is 0.411 e. The number of oxime groups is 1. The first-order valence-electron chi connectivity index (χ1n) is 4.60. The summed E-state index contributed by atoms with van der Waals surface area (Å²) in [5.41, 5.74) is 3.13. The van der Waals surface area contributed by atoms with E-state index in [4.69, 9.17) is 5.21 Å². The Morgan fingerprint density at radius 3 is 2.38 bits per heavy atom. The van der Waals surface area contributed by atoms with Gasteiger partial charge in [0.2, 0.25) is 0 Å². The van der Waals surface area contributed by atoms with Crippen molar-refractivity contribution in [2.75, 3.05) is 0 Å². The molecule has 1 aliphatic rings. The van der Waals surface area contributed by atoms with E-state index in [1.165, 1.54) is 5.56 Å². The zero-order chi connectivity index (χ0) is 9.26. The number of nitrogens with zero attached hydrogens (tertiary/aromatic N) is 1. The molecule has 1 aromatic rings. The molecular formula is C11H13NO. The van der Waals surface area contributed by atoms with Crippen LogP contribution < -0.4 is 0 Å². The van der Waals surface area contributed by atoms with Gasteiger partial charge in [-0.2, -0.15) is 0 Å². The van der Waals surface area contributed by atoms with Gasteiger partial charge in [-0.15, -0.1) is 0 Å². The maximum absolute atomic E-state index is 8.85. The molecule has 0 aliphatic heterocycles. The van der Waals surface area contributed by atoms with E-state index < -0.39 is 0 Å². The molecular weight excluding hydrogens is 162 g/mol. The molecule has 1 fully saturated rings. The second-order valence-corrected chi connectivity index (χ2v) is 3.63. The zero-order valence-electron chi connectivity index (χ0n) is 7.70. The van der Waals surface area contributed by atoms with Crippen molar-refractivity contribution in [3.8, 4) is 0 Å². The van der Waals surface area contributed by atoms with Gasteiger partial charge in [0.05, 0.1) is 5.71 Å². The number of hydrogen-bond donors (Lipinski definition) is 1. The van der Waals surface area contributed by atoms with Crippen molar-refractivity contribution in [1.82, 2.24) is 0 Å². The highest BCUT2D eigenvalue weighted by Crippen LogP contribution is 2.33. The molecule has 1 N–H and O–H groups in total. The van der Waals surface area contributed by atoms with E-state index in [0.717, 1.165) is 24.1 Å². The Hall–Kier alpha value is -1.31. The van der Waals surface area contributed by atoms with Gasteiger partial charge in [-0.05, 0) is 25.3 Å². The minimum atomic E-state index is 0.493. The Kier molecular flexibility index (Phi) is 2.05. The Morgan fingerprint density at radius 2 is 1.92 bits per heavy atom. The van der Waals surface area contributed by atoms with Crippen molar-refractivity contribution >= 4 is 5.71 Å². The molecule has 1 aliphatic carbocycles. The molecule has 0 saturated heterocycles. The highest BCUT2D eigenvalue weighted by Gasteiger charge is 2.28. The molecule has 0 radical (unpaired) electrons. The molecule has 68 valence electrons. The molecule has 13 heavy (non-hydrogen) atoms. The van der Waals surface area contributed by atoms with Gasteiger partial charge in [0.25, 0.3) is 0 Å². The topological polar surface area (TPSA) is 32.6 Å². The quantitative estimate of drug-likeness (QED) is 0.418. The number of rotatable bonds is 2. The van der Waals surface area contributed by atoms with Crippen LogP contribution in [0, 0.1) is 12.8 Å². The summed E-state index contributed by atoms with van der Waals surface area (Å²) in [4.78, 5) is 0. The second kappa shape index (κ2) is 3.21. The number of hydrogen-bond acceptors (Lipinski definition) is 2. The minimum absolute atomic E-state index is 0.493. The van der Waals surface area contributed by atoms with Crippen LogP contribution in [0.3, 0.4) is 0 Å². The van der Waals surface area contributed by atoms with Crippen LogP contribution in [-0.4, -0.2) is 10.9 Å². The molecule has 2 rings (SSSR count). The third kappa shape index (κ3) is 1.72. The fourth-order valence-corrected chi connectivity index (χ4v) is 1.46. The second-order valence-electron chi connectivity index (χ2n) is 3.63. The molecule has 0 bridgehead atoms. The summed E-state index contributed by atoms with van der Waals surface area (Å²) in [5, 5.41) is 12.2. The van der Waals surface area contributed by atoms with Crippen molar-refractivity contribution in [3.05, 3.63) is 35.4 Å². The van der Waals surface area contributed by atoms with Gasteiger partial charge < -0.3 is 5.21 Å². The summed E-state index contributed by atoms with van der Waals surface area (Å²) < 4.78 is 0. The predicted octanol–water partition coefficient (Wildman–Crippen LogP) is 2.58. The summed E-state index contributed by atoms with van der Waals surface area (Å²) in [6.07, 6.45) is 2.32. The maximum Gasteiger partial charge on any atom is 0.0898 e. The lowest BCUT2D eigenvalue weighted by Gasteiger charge is -2.02. The molecule has 0 unspecified atom stereocenters. The summed E-state index contributed by atoms with van der Waals surface area (Å²) in [6.45, 7) is 2.05. The zero-order valence-corrected chi connectivity index (χ0v) is 7.70. The third-order valence-corrected chi connectivity index (χ3v) is 2.42. The average Bonchev–Trinajstić information content (AvgIpc) is 2.93. The third-order valence-electron chi connectivity index (χ3n) is 2.42. The van der Waals surface area contributed by atoms with Crippen LogP contribution in [0.2, 0.25) is 0 Å². The van der Waals surface area contributed by atoms with E-state index in [1.807, 2.05) is 24.3 Å². The molecule has 2 heteroatoms. The molecule has 0 atom stereocenters. The molecule has 0 spiro atoms. The fraction of sp³-hybridized carbons (Fsp3) is 0.364. The van der Waals surface area contributed by atoms with Gasteiger partial charge in [-0.1, -0.05) is 35.0 Å². The normalized spacial score (nSPS) is 17.5. The highest BCUT2D eigenvalue weighted by atomic mass is 16.4. The van der Waals surface area contributed by atoms with Gasteiger partial charge in [0, 0.05) is 5.92 Å². The van der Waals surface area contributed by atoms with Crippen LogP contribution in [0.15, 0.2) is 29.4 Å². The van der Waals surface area contributed by atoms with E-state index >= 15 is 0 Å². The van der Waals surface area contributed by atoms with Crippen molar-refractivity contribution < 1.29 is 5.21 Å². The number of aryl methyl sites for hydroxylation is 1. The van der Waals surface area contributed by atoms with Crippen molar-refractivity contribution in [1.29, 1.82) is 0 Å². The highest BCUT2D eigenvalue weighted by molar-refractivity contribution is 6.03. The van der Waals surface area contributed by atoms with Crippen LogP contribution in [0.5, 0.6) is 0 Å². The molecule has 0 amide bonds. The van der Waals surface area contributed by atoms with Gasteiger partial charge >= 0.3 is 0 Å². The van der Waals surface area contributed by atoms with E-state index in [1.54, 1.807) is 0 Å². The van der Waals surface area contributed by atoms with Crippen molar-refractivity contribution in [2.45, 2.75) is 19.8 Å². The average molecular weight is 175 g/mol. The monoisotopic (exact) mass is 175 g/mol. The van der Waals surface area contributed by atoms with Gasteiger partial charge in [-0.25, -0.2) is 0 Å². The standard InChI is InChI=1S/C11H13NO/c1-8-2-4-9(5-3-8)11(12-13)10-6-7-10/h2-5,10,13H,6-7H2,1H3/b12-11-. The van der Waals surface area contributed by atoms with Crippen molar-refractivity contribution in [3.63, 3.8) is 0 Å². The minimum Gasteiger partial charge on any atom is -0.411 e. The van der Waals surface area contributed by atoms with Gasteiger partial charge in [0.1, 0.15) is 0 Å². The first-order chi connectivity index (χ1) is 6.31. The van der Waals surface area contributed by atoms with Crippen LogP contribution in [-0.2, 0) is 0 Å². The summed E-state index contributed by atoms with van der Waals surface area (Å²) in [6, 6.07) is 8.12. The number of benzene rings is 1. The first-order valence-corrected chi connectivity index (χ1v) is 4.60. The van der Waals surface area contributed by atoms with E-state index in [9.17, 15) is 0 Å². The molecule has 1 aromatic carbocycles. The smallest absolute Gasteiger partial charge is 0.0898 e. The van der Waals surface area contributed by atoms with Crippen LogP contribution in [0.25, 0.3) is 0 Å². The van der Waals surface area contributed by atoms with Crippen molar-refractivity contribution in [2.24, 2.45) is 11.1 Å². The van der Waals surface area contributed by atoms with Gasteiger partial charge in [0.15, 0.2) is 0 Å². The molecule has 2 nitrogen and oxygen atoms in total. The summed E-state index contributed by atoms with van der Waals surface area (Å²) in [7, 11) is 0. The first kappa shape index (κ1) is 8.30. The Labute approximate surface area is 77.9 Å². The lowest BCUT2D eigenvalue weighted by molar-refractivity contribution is 0.317. The van der Waals surface area contributed by atoms with Crippen LogP contribution in [0.1, 0.15) is 24.0 Å². The lowest BCUT2D eigenvalue weighted by Crippen LogP contribution is -2.02. The molecule has 0 heterocycles. The molecule has 1 saturated carbocycles. The SMILES string of the molecule is Cc1ccc(/C(=N/O)C2CC2)cc1. The molecule has 0 aromatic heterocycles. The van der Waals surface area contributed by atoms with E-state index in [2.05, 4.69) is 12.1 Å². The van der Waals surface area contributed by atoms with Gasteiger partial charge in [-0.3, -0.25) is 0 Å².